The fourth-order valence-corrected chi connectivity index (χ4v) is 3.44. The van der Waals surface area contributed by atoms with E-state index in [0.717, 1.165) is 11.1 Å². The van der Waals surface area contributed by atoms with E-state index in [9.17, 15) is 14.0 Å². The highest BCUT2D eigenvalue weighted by Gasteiger charge is 2.21. The fraction of sp³-hybridized carbons (Fsp3) is 0.200. The number of benzene rings is 1. The smallest absolute Gasteiger partial charge is 0.374 e. The molecule has 0 fully saturated rings. The molecular formula is C25H24FN7O4. The van der Waals surface area contributed by atoms with Gasteiger partial charge in [0.2, 0.25) is 5.76 Å². The number of aromatic carboxylic acids is 1. The number of carbonyl (C=O) groups is 2. The van der Waals surface area contributed by atoms with Crippen LogP contribution < -0.4 is 5.73 Å². The molecule has 190 valence electrons. The lowest BCUT2D eigenvalue weighted by molar-refractivity contribution is 0.0651. The average molecular weight is 506 g/mol. The van der Waals surface area contributed by atoms with Crippen LogP contribution in [0.4, 0.5) is 4.39 Å². The van der Waals surface area contributed by atoms with Crippen LogP contribution >= 0.6 is 0 Å². The van der Waals surface area contributed by atoms with Crippen molar-refractivity contribution in [3.8, 4) is 22.5 Å². The van der Waals surface area contributed by atoms with E-state index in [1.54, 1.807) is 29.2 Å². The number of fused-ring (bicyclic) bond motifs is 1. The molecule has 0 spiro atoms. The van der Waals surface area contributed by atoms with E-state index < -0.39 is 17.7 Å². The number of aromatic nitrogens is 6. The number of H-pyrrole nitrogens is 1. The predicted octanol–water partition coefficient (Wildman–Crippen LogP) is 3.93. The molecule has 0 atom stereocenters. The molecule has 1 aromatic carbocycles. The number of pyridine rings is 1. The van der Waals surface area contributed by atoms with Crippen molar-refractivity contribution >= 4 is 23.0 Å². The number of carboxylic acid groups (broad SMARTS) is 1. The van der Waals surface area contributed by atoms with Crippen LogP contribution in [0.5, 0.6) is 0 Å². The van der Waals surface area contributed by atoms with Gasteiger partial charge in [-0.3, -0.25) is 9.48 Å². The van der Waals surface area contributed by atoms with E-state index in [4.69, 9.17) is 10.8 Å². The van der Waals surface area contributed by atoms with Gasteiger partial charge in [-0.25, -0.2) is 19.2 Å². The Bertz CT molecular complexity index is 1610. The number of carboxylic acids is 1. The van der Waals surface area contributed by atoms with Crippen LogP contribution in [0.3, 0.4) is 0 Å². The Balaban J connectivity index is 0.000000225. The van der Waals surface area contributed by atoms with Crippen molar-refractivity contribution in [3.63, 3.8) is 0 Å². The number of hydrogen-bond acceptors (Lipinski definition) is 7. The summed E-state index contributed by atoms with van der Waals surface area (Å²) in [6, 6.07) is 7.49. The Hall–Kier alpha value is -4.87. The van der Waals surface area contributed by atoms with Gasteiger partial charge in [-0.15, -0.1) is 0 Å². The molecular weight excluding hydrogens is 481 g/mol. The minimum absolute atomic E-state index is 0.111. The zero-order valence-electron chi connectivity index (χ0n) is 20.5. The Labute approximate surface area is 210 Å². The minimum Gasteiger partial charge on any atom is -0.475 e. The summed E-state index contributed by atoms with van der Waals surface area (Å²) in [6.07, 6.45) is 5.13. The molecule has 0 saturated carbocycles. The fourth-order valence-electron chi connectivity index (χ4n) is 3.44. The van der Waals surface area contributed by atoms with Gasteiger partial charge in [-0.1, -0.05) is 32.0 Å². The van der Waals surface area contributed by atoms with Crippen molar-refractivity contribution in [2.45, 2.75) is 26.2 Å². The van der Waals surface area contributed by atoms with Gasteiger partial charge in [0.15, 0.2) is 5.65 Å². The van der Waals surface area contributed by atoms with E-state index >= 15 is 0 Å². The first-order valence-electron chi connectivity index (χ1n) is 11.1. The number of hydrogen-bond donors (Lipinski definition) is 3. The number of primary amides is 1. The third-order valence-electron chi connectivity index (χ3n) is 5.41. The molecule has 4 N–H and O–H groups in total. The Morgan fingerprint density at radius 2 is 1.92 bits per heavy atom. The molecule has 0 bridgehead atoms. The van der Waals surface area contributed by atoms with Gasteiger partial charge in [0.25, 0.3) is 5.91 Å². The lowest BCUT2D eigenvalue weighted by Crippen LogP contribution is -2.12. The number of imidazole rings is 1. The van der Waals surface area contributed by atoms with Crippen LogP contribution in [-0.4, -0.2) is 46.9 Å². The quantitative estimate of drug-likeness (QED) is 0.330. The first-order chi connectivity index (χ1) is 17.4. The molecule has 4 heterocycles. The monoisotopic (exact) mass is 505 g/mol. The van der Waals surface area contributed by atoms with E-state index in [-0.39, 0.29) is 16.7 Å². The summed E-state index contributed by atoms with van der Waals surface area (Å²) in [5.41, 5.74) is 8.81. The van der Waals surface area contributed by atoms with Gasteiger partial charge in [0.1, 0.15) is 11.6 Å². The van der Waals surface area contributed by atoms with Gasteiger partial charge in [0, 0.05) is 36.5 Å². The van der Waals surface area contributed by atoms with Gasteiger partial charge in [0.05, 0.1) is 28.5 Å². The summed E-state index contributed by atoms with van der Waals surface area (Å²) in [4.78, 5) is 33.5. The highest BCUT2D eigenvalue weighted by Crippen LogP contribution is 2.29. The average Bonchev–Trinajstić information content (AvgIpc) is 3.57. The van der Waals surface area contributed by atoms with Crippen molar-refractivity contribution in [2.75, 3.05) is 0 Å². The molecule has 0 radical (unpaired) electrons. The standard InChI is InChI=1S/C17H13FN6O.C8H11NO3/c1-24-8-10(7-21-24)16-22-14-11(4-5-20-17(14)23-16)9-2-3-12(15(19)25)13(18)6-9;1-8(2,3)6-4-5(7(10)11)12-9-6/h2-8H,1H3,(H2,19,25)(H,20,22,23);4H,1-3H3,(H,10,11). The second kappa shape index (κ2) is 9.64. The maximum atomic E-state index is 14.1. The lowest BCUT2D eigenvalue weighted by atomic mass is 9.92. The highest BCUT2D eigenvalue weighted by atomic mass is 19.1. The summed E-state index contributed by atoms with van der Waals surface area (Å²) in [5, 5.41) is 16.3. The number of aromatic amines is 1. The van der Waals surface area contributed by atoms with Crippen molar-refractivity contribution in [2.24, 2.45) is 12.8 Å². The number of nitrogens with one attached hydrogen (secondary N) is 1. The Morgan fingerprint density at radius 3 is 2.46 bits per heavy atom. The lowest BCUT2D eigenvalue weighted by Gasteiger charge is -2.12. The summed E-state index contributed by atoms with van der Waals surface area (Å²) < 4.78 is 20.4. The van der Waals surface area contributed by atoms with Gasteiger partial charge < -0.3 is 20.3 Å². The summed E-state index contributed by atoms with van der Waals surface area (Å²) in [6.45, 7) is 5.82. The summed E-state index contributed by atoms with van der Waals surface area (Å²) in [7, 11) is 1.82. The van der Waals surface area contributed by atoms with E-state index in [2.05, 4.69) is 29.7 Å². The number of nitrogens with zero attached hydrogens (tertiary/aromatic N) is 5. The van der Waals surface area contributed by atoms with Crippen molar-refractivity contribution in [1.82, 2.24) is 29.9 Å². The molecule has 0 aliphatic carbocycles. The van der Waals surface area contributed by atoms with E-state index in [1.807, 2.05) is 34.0 Å². The maximum absolute atomic E-state index is 14.1. The Morgan fingerprint density at radius 1 is 1.16 bits per heavy atom. The van der Waals surface area contributed by atoms with Crippen molar-refractivity contribution < 1.29 is 23.6 Å². The first kappa shape index (κ1) is 25.2. The number of aryl methyl sites for hydroxylation is 1. The number of nitrogens with two attached hydrogens (primary N) is 1. The predicted molar refractivity (Wildman–Crippen MR) is 132 cm³/mol. The third kappa shape index (κ3) is 5.37. The summed E-state index contributed by atoms with van der Waals surface area (Å²) in [5.74, 6) is -2.04. The maximum Gasteiger partial charge on any atom is 0.374 e. The Kier molecular flexibility index (Phi) is 6.58. The molecule has 37 heavy (non-hydrogen) atoms. The minimum atomic E-state index is -1.09. The zero-order valence-corrected chi connectivity index (χ0v) is 20.5. The van der Waals surface area contributed by atoms with Crippen molar-refractivity contribution in [3.05, 3.63) is 71.8 Å². The van der Waals surface area contributed by atoms with E-state index in [1.165, 1.54) is 18.2 Å². The van der Waals surface area contributed by atoms with Crippen LogP contribution in [0, 0.1) is 5.82 Å². The summed E-state index contributed by atoms with van der Waals surface area (Å²) >= 11 is 0. The molecule has 5 aromatic rings. The zero-order chi connectivity index (χ0) is 26.9. The highest BCUT2D eigenvalue weighted by molar-refractivity contribution is 5.95. The first-order valence-corrected chi connectivity index (χ1v) is 11.1. The van der Waals surface area contributed by atoms with Crippen LogP contribution in [0.1, 0.15) is 47.4 Å². The number of rotatable bonds is 4. The van der Waals surface area contributed by atoms with Crippen LogP contribution in [0.2, 0.25) is 0 Å². The third-order valence-corrected chi connectivity index (χ3v) is 5.41. The van der Waals surface area contributed by atoms with Crippen LogP contribution in [-0.2, 0) is 12.5 Å². The molecule has 11 nitrogen and oxygen atoms in total. The topological polar surface area (TPSA) is 166 Å². The van der Waals surface area contributed by atoms with Crippen LogP contribution in [0.15, 0.2) is 53.4 Å². The number of carbonyl (C=O) groups excluding carboxylic acids is 1. The SMILES string of the molecule is CC(C)(C)c1cc(C(=O)O)on1.Cn1cc(-c2nc3nccc(-c4ccc(C(N)=O)c(F)c4)c3[nH]2)cn1. The van der Waals surface area contributed by atoms with E-state index in [0.29, 0.717) is 28.2 Å². The molecule has 1 amide bonds. The molecule has 4 aromatic heterocycles. The molecule has 0 aliphatic rings. The largest absolute Gasteiger partial charge is 0.475 e. The van der Waals surface area contributed by atoms with Crippen LogP contribution in [0.25, 0.3) is 33.7 Å². The molecule has 5 rings (SSSR count). The second-order valence-electron chi connectivity index (χ2n) is 9.24. The molecule has 0 unspecified atom stereocenters. The normalized spacial score (nSPS) is 11.3. The van der Waals surface area contributed by atoms with Gasteiger partial charge >= 0.3 is 5.97 Å². The van der Waals surface area contributed by atoms with Gasteiger partial charge in [-0.2, -0.15) is 5.10 Å². The van der Waals surface area contributed by atoms with Crippen molar-refractivity contribution in [1.29, 1.82) is 0 Å². The molecule has 0 saturated heterocycles. The molecule has 12 heteroatoms. The second-order valence-corrected chi connectivity index (χ2v) is 9.24. The number of halogens is 1. The van der Waals surface area contributed by atoms with Gasteiger partial charge in [-0.05, 0) is 23.8 Å². The number of amides is 1. The molecule has 0 aliphatic heterocycles.